The average molecular weight is 307 g/mol. The number of aromatic nitrogens is 2. The first-order valence-corrected chi connectivity index (χ1v) is 7.85. The van der Waals surface area contributed by atoms with Crippen LogP contribution in [-0.2, 0) is 6.54 Å². The Bertz CT molecular complexity index is 717. The first-order chi connectivity index (χ1) is 9.95. The number of H-pyrrole nitrogens is 1. The third kappa shape index (κ3) is 2.97. The molecule has 1 heterocycles. The van der Waals surface area contributed by atoms with Crippen LogP contribution in [-0.4, -0.2) is 34.6 Å². The molecule has 21 heavy (non-hydrogen) atoms. The molecule has 112 valence electrons. The Morgan fingerprint density at radius 3 is 2.76 bits per heavy atom. The molecule has 1 aliphatic carbocycles. The fourth-order valence-electron chi connectivity index (χ4n) is 3.35. The summed E-state index contributed by atoms with van der Waals surface area (Å²) in [7, 11) is 4.44. The molecule has 0 aliphatic heterocycles. The van der Waals surface area contributed by atoms with Crippen LogP contribution in [0.3, 0.4) is 0 Å². The van der Waals surface area contributed by atoms with Gasteiger partial charge < -0.3 is 9.47 Å². The maximum absolute atomic E-state index is 12.2. The van der Waals surface area contributed by atoms with Crippen molar-refractivity contribution in [2.75, 3.05) is 14.1 Å². The van der Waals surface area contributed by atoms with E-state index in [1.807, 2.05) is 0 Å². The molecule has 0 radical (unpaired) electrons. The van der Waals surface area contributed by atoms with E-state index >= 15 is 0 Å². The largest absolute Gasteiger partial charge is 0.320 e. The summed E-state index contributed by atoms with van der Waals surface area (Å²) in [4.78, 5) is 19.7. The van der Waals surface area contributed by atoms with E-state index in [0.29, 0.717) is 22.0 Å². The van der Waals surface area contributed by atoms with Crippen molar-refractivity contribution in [2.24, 2.45) is 0 Å². The van der Waals surface area contributed by atoms with Gasteiger partial charge in [0.05, 0.1) is 31.0 Å². The molecule has 1 aliphatic rings. The van der Waals surface area contributed by atoms with Crippen LogP contribution in [0.1, 0.15) is 31.5 Å². The van der Waals surface area contributed by atoms with Crippen molar-refractivity contribution in [1.29, 1.82) is 0 Å². The fourth-order valence-corrected chi connectivity index (χ4v) is 3.52. The number of benzene rings is 1. The summed E-state index contributed by atoms with van der Waals surface area (Å²) in [6.45, 7) is 0.738. The maximum Gasteiger partial charge on any atom is 0.258 e. The Hall–Kier alpha value is -1.39. The number of rotatable bonds is 3. The Kier molecular flexibility index (Phi) is 3.76. The van der Waals surface area contributed by atoms with Crippen molar-refractivity contribution in [1.82, 2.24) is 9.97 Å². The zero-order valence-corrected chi connectivity index (χ0v) is 13.3. The van der Waals surface area contributed by atoms with Gasteiger partial charge in [-0.1, -0.05) is 11.6 Å². The number of hydrogen-bond donors (Lipinski definition) is 1. The van der Waals surface area contributed by atoms with Gasteiger partial charge in [0, 0.05) is 5.02 Å². The van der Waals surface area contributed by atoms with Gasteiger partial charge in [-0.15, -0.1) is 0 Å². The van der Waals surface area contributed by atoms with Crippen LogP contribution >= 0.6 is 11.6 Å². The third-order valence-corrected chi connectivity index (χ3v) is 4.82. The van der Waals surface area contributed by atoms with Crippen LogP contribution in [0.15, 0.2) is 23.0 Å². The van der Waals surface area contributed by atoms with Gasteiger partial charge in [0.15, 0.2) is 5.82 Å². The minimum absolute atomic E-state index is 0.0851. The van der Waals surface area contributed by atoms with E-state index in [-0.39, 0.29) is 5.56 Å². The predicted octanol–water partition coefficient (Wildman–Crippen LogP) is 3.10. The lowest BCUT2D eigenvalue weighted by Crippen LogP contribution is -2.47. The van der Waals surface area contributed by atoms with Crippen LogP contribution in [0.4, 0.5) is 0 Å². The fraction of sp³-hybridized carbons (Fsp3) is 0.500. The smallest absolute Gasteiger partial charge is 0.258 e. The number of nitrogens with zero attached hydrogens (tertiary/aromatic N) is 2. The molecule has 1 fully saturated rings. The summed E-state index contributed by atoms with van der Waals surface area (Å²) < 4.78 is 0.870. The van der Waals surface area contributed by atoms with Crippen LogP contribution in [0.2, 0.25) is 5.02 Å². The lowest BCUT2D eigenvalue weighted by atomic mass is 10.2. The maximum atomic E-state index is 12.2. The van der Waals surface area contributed by atoms with Crippen molar-refractivity contribution < 1.29 is 4.48 Å². The summed E-state index contributed by atoms with van der Waals surface area (Å²) in [6, 6.07) is 5.86. The number of aromatic amines is 1. The third-order valence-electron chi connectivity index (χ3n) is 4.59. The molecule has 5 heteroatoms. The van der Waals surface area contributed by atoms with E-state index in [9.17, 15) is 4.79 Å². The number of hydrogen-bond acceptors (Lipinski definition) is 2. The Morgan fingerprint density at radius 1 is 1.33 bits per heavy atom. The number of halogens is 1. The summed E-state index contributed by atoms with van der Waals surface area (Å²) in [5.74, 6) is 0.742. The van der Waals surface area contributed by atoms with E-state index in [1.165, 1.54) is 25.7 Å². The molecule has 4 nitrogen and oxygen atoms in total. The van der Waals surface area contributed by atoms with E-state index in [0.717, 1.165) is 16.9 Å². The number of fused-ring (bicyclic) bond motifs is 1. The molecule has 0 bridgehead atoms. The number of quaternary nitrogens is 1. The lowest BCUT2D eigenvalue weighted by Gasteiger charge is -2.35. The highest BCUT2D eigenvalue weighted by molar-refractivity contribution is 6.31. The SMILES string of the molecule is C[N+](C)(Cc1nc2cc(Cl)ccc2c(=O)[nH]1)C1CCCC1. The van der Waals surface area contributed by atoms with Gasteiger partial charge in [-0.2, -0.15) is 0 Å². The Labute approximate surface area is 129 Å². The first kappa shape index (κ1) is 14.5. The van der Waals surface area contributed by atoms with Crippen molar-refractivity contribution in [3.05, 3.63) is 39.4 Å². The van der Waals surface area contributed by atoms with Crippen molar-refractivity contribution in [2.45, 2.75) is 38.3 Å². The molecule has 1 saturated carbocycles. The summed E-state index contributed by atoms with van der Waals surface area (Å²) >= 11 is 6.00. The number of nitrogens with one attached hydrogen (secondary N) is 1. The van der Waals surface area contributed by atoms with Gasteiger partial charge in [0.2, 0.25) is 0 Å². The summed E-state index contributed by atoms with van der Waals surface area (Å²) in [5, 5.41) is 1.20. The molecule has 0 unspecified atom stereocenters. The molecule has 1 aromatic carbocycles. The van der Waals surface area contributed by atoms with Gasteiger partial charge in [-0.05, 0) is 43.9 Å². The van der Waals surface area contributed by atoms with E-state index in [4.69, 9.17) is 11.6 Å². The van der Waals surface area contributed by atoms with Crippen LogP contribution < -0.4 is 5.56 Å². The predicted molar refractivity (Wildman–Crippen MR) is 85.4 cm³/mol. The molecule has 2 aromatic rings. The minimum Gasteiger partial charge on any atom is -0.320 e. The van der Waals surface area contributed by atoms with E-state index in [2.05, 4.69) is 24.1 Å². The van der Waals surface area contributed by atoms with Crippen LogP contribution in [0.5, 0.6) is 0 Å². The first-order valence-electron chi connectivity index (χ1n) is 7.47. The minimum atomic E-state index is -0.0851. The highest BCUT2D eigenvalue weighted by Gasteiger charge is 2.32. The van der Waals surface area contributed by atoms with Gasteiger partial charge in [0.1, 0.15) is 6.54 Å². The van der Waals surface area contributed by atoms with Crippen LogP contribution in [0.25, 0.3) is 10.9 Å². The van der Waals surface area contributed by atoms with Gasteiger partial charge in [-0.3, -0.25) is 4.79 Å². The van der Waals surface area contributed by atoms with Gasteiger partial charge >= 0.3 is 0 Å². The van der Waals surface area contributed by atoms with E-state index in [1.54, 1.807) is 18.2 Å². The quantitative estimate of drug-likeness (QED) is 0.886. The van der Waals surface area contributed by atoms with Crippen molar-refractivity contribution >= 4 is 22.5 Å². The molecular weight excluding hydrogens is 286 g/mol. The zero-order chi connectivity index (χ0) is 15.0. The highest BCUT2D eigenvalue weighted by Crippen LogP contribution is 2.28. The van der Waals surface area contributed by atoms with Gasteiger partial charge in [-0.25, -0.2) is 4.98 Å². The summed E-state index contributed by atoms with van der Waals surface area (Å²) in [6.07, 6.45) is 5.14. The Morgan fingerprint density at radius 2 is 2.05 bits per heavy atom. The van der Waals surface area contributed by atoms with Crippen molar-refractivity contribution in [3.8, 4) is 0 Å². The molecule has 0 spiro atoms. The average Bonchev–Trinajstić information content (AvgIpc) is 2.92. The van der Waals surface area contributed by atoms with Crippen molar-refractivity contribution in [3.63, 3.8) is 0 Å². The molecule has 0 saturated heterocycles. The molecule has 3 rings (SSSR count). The standard InChI is InChI=1S/C16H20ClN3O/c1-20(2,12-5-3-4-6-12)10-15-18-14-9-11(17)7-8-13(14)16(21)19-15/h7-9,12H,3-6,10H2,1-2H3/p+1. The van der Waals surface area contributed by atoms with Gasteiger partial charge in [0.25, 0.3) is 5.56 Å². The molecule has 1 aromatic heterocycles. The van der Waals surface area contributed by atoms with Crippen LogP contribution in [0, 0.1) is 0 Å². The topological polar surface area (TPSA) is 45.8 Å². The second kappa shape index (κ2) is 5.43. The highest BCUT2D eigenvalue weighted by atomic mass is 35.5. The second-order valence-electron chi connectivity index (χ2n) is 6.55. The lowest BCUT2D eigenvalue weighted by molar-refractivity contribution is -0.927. The monoisotopic (exact) mass is 306 g/mol. The molecular formula is C16H21ClN3O+. The molecule has 1 N–H and O–H groups in total. The molecule has 0 amide bonds. The molecule has 0 atom stereocenters. The van der Waals surface area contributed by atoms with E-state index < -0.39 is 0 Å². The summed E-state index contributed by atoms with van der Waals surface area (Å²) in [5.41, 5.74) is 0.589. The second-order valence-corrected chi connectivity index (χ2v) is 6.99. The zero-order valence-electron chi connectivity index (χ0n) is 12.5. The normalized spacial score (nSPS) is 16.7. The Balaban J connectivity index is 1.95.